The Kier molecular flexibility index (Phi) is 4.31. The van der Waals surface area contributed by atoms with Crippen LogP contribution in [-0.4, -0.2) is 35.8 Å². The number of imidazole rings is 1. The monoisotopic (exact) mass is 412 g/mol. The lowest BCUT2D eigenvalue weighted by molar-refractivity contribution is 0.109. The third kappa shape index (κ3) is 3.12. The van der Waals surface area contributed by atoms with E-state index in [1.54, 1.807) is 13.1 Å². The Morgan fingerprint density at radius 2 is 2.20 bits per heavy atom. The molecule has 1 aliphatic rings. The molecule has 5 rings (SSSR count). The van der Waals surface area contributed by atoms with Crippen LogP contribution in [0, 0.1) is 5.82 Å². The van der Waals surface area contributed by atoms with E-state index in [1.165, 1.54) is 23.0 Å². The lowest BCUT2D eigenvalue weighted by atomic mass is 10.00. The molecule has 11 heteroatoms. The lowest BCUT2D eigenvalue weighted by Gasteiger charge is -2.09. The van der Waals surface area contributed by atoms with Crippen molar-refractivity contribution in [3.05, 3.63) is 74.5 Å². The first-order chi connectivity index (χ1) is 14.5. The molecule has 1 aromatic carbocycles. The summed E-state index contributed by atoms with van der Waals surface area (Å²) in [6.07, 6.45) is 1.77. The second kappa shape index (κ2) is 7.02. The molecule has 1 saturated heterocycles. The summed E-state index contributed by atoms with van der Waals surface area (Å²) in [4.78, 5) is 35.8. The van der Waals surface area contributed by atoms with Crippen molar-refractivity contribution in [1.82, 2.24) is 29.2 Å². The molecule has 10 nitrogen and oxygen atoms in total. The Morgan fingerprint density at radius 1 is 1.33 bits per heavy atom. The van der Waals surface area contributed by atoms with Crippen LogP contribution < -0.4 is 11.2 Å². The molecule has 1 N–H and O–H groups in total. The minimum absolute atomic E-state index is 0.133. The normalized spacial score (nSPS) is 19.0. The average molecular weight is 412 g/mol. The minimum Gasteiger partial charge on any atom is -0.373 e. The Hall–Kier alpha value is -3.60. The van der Waals surface area contributed by atoms with Gasteiger partial charge in [0.1, 0.15) is 12.4 Å². The summed E-state index contributed by atoms with van der Waals surface area (Å²) in [7, 11) is 1.67. The van der Waals surface area contributed by atoms with E-state index in [2.05, 4.69) is 20.1 Å². The number of nitrogens with zero attached hydrogens (tertiary/aromatic N) is 5. The van der Waals surface area contributed by atoms with Gasteiger partial charge in [-0.1, -0.05) is 17.3 Å². The van der Waals surface area contributed by atoms with Crippen LogP contribution in [0.5, 0.6) is 0 Å². The number of fused-ring (bicyclic) bond motifs is 1. The van der Waals surface area contributed by atoms with Crippen molar-refractivity contribution >= 4 is 11.2 Å². The van der Waals surface area contributed by atoms with E-state index in [-0.39, 0.29) is 41.4 Å². The van der Waals surface area contributed by atoms with E-state index >= 15 is 0 Å². The fourth-order valence-corrected chi connectivity index (χ4v) is 3.69. The van der Waals surface area contributed by atoms with Crippen molar-refractivity contribution in [3.63, 3.8) is 0 Å². The zero-order valence-corrected chi connectivity index (χ0v) is 15.9. The standard InChI is InChI=1S/C19H17FN6O4/c1-25-9-21-17-15(25)18(27)26(19(28)23-17)7-14-22-16(24-30-14)11-6-13(29-8-11)10-3-2-4-12(20)5-10/h2-5,9,11,13H,6-8H2,1H3,(H,23,28)/t11-,13+/m0/s1. The van der Waals surface area contributed by atoms with Gasteiger partial charge in [0.25, 0.3) is 5.56 Å². The van der Waals surface area contributed by atoms with Gasteiger partial charge in [0, 0.05) is 13.0 Å². The second-order valence-corrected chi connectivity index (χ2v) is 7.23. The number of benzene rings is 1. The zero-order valence-electron chi connectivity index (χ0n) is 15.9. The van der Waals surface area contributed by atoms with Gasteiger partial charge in [0.05, 0.1) is 19.0 Å². The molecule has 4 aromatic rings. The first-order valence-electron chi connectivity index (χ1n) is 9.33. The van der Waals surface area contributed by atoms with E-state index in [1.807, 2.05) is 6.07 Å². The van der Waals surface area contributed by atoms with E-state index in [0.717, 1.165) is 10.1 Å². The third-order valence-corrected chi connectivity index (χ3v) is 5.22. The van der Waals surface area contributed by atoms with Gasteiger partial charge >= 0.3 is 5.69 Å². The van der Waals surface area contributed by atoms with Crippen molar-refractivity contribution in [3.8, 4) is 0 Å². The zero-order chi connectivity index (χ0) is 20.8. The van der Waals surface area contributed by atoms with Crippen LogP contribution in [0.2, 0.25) is 0 Å². The molecule has 30 heavy (non-hydrogen) atoms. The van der Waals surface area contributed by atoms with Crippen LogP contribution in [0.15, 0.2) is 44.7 Å². The van der Waals surface area contributed by atoms with Crippen LogP contribution >= 0.6 is 0 Å². The summed E-state index contributed by atoms with van der Waals surface area (Å²) in [5.41, 5.74) is 0.145. The number of halogens is 1. The number of hydrogen-bond donors (Lipinski definition) is 1. The van der Waals surface area contributed by atoms with Gasteiger partial charge in [-0.3, -0.25) is 9.78 Å². The maximum absolute atomic E-state index is 13.5. The number of aromatic amines is 1. The smallest absolute Gasteiger partial charge is 0.330 e. The quantitative estimate of drug-likeness (QED) is 0.535. The Bertz CT molecular complexity index is 1350. The van der Waals surface area contributed by atoms with E-state index in [0.29, 0.717) is 18.9 Å². The van der Waals surface area contributed by atoms with Gasteiger partial charge in [-0.2, -0.15) is 4.98 Å². The molecule has 0 aliphatic carbocycles. The first kappa shape index (κ1) is 18.4. The molecule has 1 fully saturated rings. The summed E-state index contributed by atoms with van der Waals surface area (Å²) in [5.74, 6) is 0.107. The maximum atomic E-state index is 13.5. The molecule has 0 amide bonds. The molecular formula is C19H17FN6O4. The molecule has 4 heterocycles. The van der Waals surface area contributed by atoms with Crippen molar-refractivity contribution in [2.24, 2.45) is 7.05 Å². The number of aromatic nitrogens is 6. The van der Waals surface area contributed by atoms with E-state index in [4.69, 9.17) is 9.26 Å². The highest BCUT2D eigenvalue weighted by molar-refractivity contribution is 5.68. The molecule has 3 aromatic heterocycles. The molecule has 1 aliphatic heterocycles. The van der Waals surface area contributed by atoms with Crippen LogP contribution in [0.1, 0.15) is 35.7 Å². The number of ether oxygens (including phenoxy) is 1. The van der Waals surface area contributed by atoms with E-state index in [9.17, 15) is 14.0 Å². The SMILES string of the molecule is Cn1cnc2[nH]c(=O)n(Cc3nc([C@@H]4CO[C@@H](c5cccc(F)c5)C4)no3)c(=O)c21. The summed E-state index contributed by atoms with van der Waals surface area (Å²) in [6.45, 7) is 0.199. The van der Waals surface area contributed by atoms with Crippen molar-refractivity contribution in [2.45, 2.75) is 25.0 Å². The van der Waals surface area contributed by atoms with Crippen molar-refractivity contribution < 1.29 is 13.7 Å². The van der Waals surface area contributed by atoms with Gasteiger partial charge in [0.2, 0.25) is 5.89 Å². The number of H-pyrrole nitrogens is 1. The lowest BCUT2D eigenvalue weighted by Crippen LogP contribution is -2.36. The fourth-order valence-electron chi connectivity index (χ4n) is 3.69. The second-order valence-electron chi connectivity index (χ2n) is 7.23. The van der Waals surface area contributed by atoms with Crippen molar-refractivity contribution in [2.75, 3.05) is 6.61 Å². The highest BCUT2D eigenvalue weighted by Crippen LogP contribution is 2.37. The first-order valence-corrected chi connectivity index (χ1v) is 9.33. The van der Waals surface area contributed by atoms with Crippen LogP contribution in [0.25, 0.3) is 11.2 Å². The average Bonchev–Trinajstić information content (AvgIpc) is 3.45. The number of aryl methyl sites for hydroxylation is 1. The Balaban J connectivity index is 1.37. The molecular weight excluding hydrogens is 395 g/mol. The molecule has 2 atom stereocenters. The summed E-state index contributed by atoms with van der Waals surface area (Å²) >= 11 is 0. The van der Waals surface area contributed by atoms with Gasteiger partial charge in [-0.15, -0.1) is 0 Å². The van der Waals surface area contributed by atoms with Crippen LogP contribution in [0.3, 0.4) is 0 Å². The minimum atomic E-state index is -0.610. The van der Waals surface area contributed by atoms with Crippen LogP contribution in [0.4, 0.5) is 4.39 Å². The largest absolute Gasteiger partial charge is 0.373 e. The Morgan fingerprint density at radius 3 is 3.03 bits per heavy atom. The summed E-state index contributed by atoms with van der Waals surface area (Å²) < 4.78 is 27.0. The summed E-state index contributed by atoms with van der Waals surface area (Å²) in [5, 5.41) is 3.98. The maximum Gasteiger partial charge on any atom is 0.330 e. The highest BCUT2D eigenvalue weighted by atomic mass is 19.1. The molecule has 0 unspecified atom stereocenters. The van der Waals surface area contributed by atoms with Crippen molar-refractivity contribution in [1.29, 1.82) is 0 Å². The fraction of sp³-hybridized carbons (Fsp3) is 0.316. The van der Waals surface area contributed by atoms with Gasteiger partial charge in [-0.25, -0.2) is 18.7 Å². The number of rotatable bonds is 4. The number of nitrogens with one attached hydrogen (secondary N) is 1. The molecule has 0 saturated carbocycles. The topological polar surface area (TPSA) is 121 Å². The summed E-state index contributed by atoms with van der Waals surface area (Å²) in [6, 6.07) is 6.28. The Labute approximate surface area is 167 Å². The predicted molar refractivity (Wildman–Crippen MR) is 101 cm³/mol. The molecule has 0 bridgehead atoms. The van der Waals surface area contributed by atoms with E-state index < -0.39 is 11.2 Å². The van der Waals surface area contributed by atoms with Gasteiger partial charge < -0.3 is 13.8 Å². The molecule has 154 valence electrons. The molecule has 0 radical (unpaired) electrons. The van der Waals surface area contributed by atoms with Crippen LogP contribution in [-0.2, 0) is 18.3 Å². The number of hydrogen-bond acceptors (Lipinski definition) is 7. The highest BCUT2D eigenvalue weighted by Gasteiger charge is 2.31. The van der Waals surface area contributed by atoms with Gasteiger partial charge in [-0.05, 0) is 24.1 Å². The van der Waals surface area contributed by atoms with Gasteiger partial charge in [0.15, 0.2) is 17.0 Å². The predicted octanol–water partition coefficient (Wildman–Crippen LogP) is 1.24. The molecule has 0 spiro atoms. The third-order valence-electron chi connectivity index (χ3n) is 5.22.